The fourth-order valence-electron chi connectivity index (χ4n) is 2.60. The van der Waals surface area contributed by atoms with Crippen molar-refractivity contribution in [2.75, 3.05) is 13.7 Å². The van der Waals surface area contributed by atoms with E-state index in [9.17, 15) is 0 Å². The van der Waals surface area contributed by atoms with Crippen LogP contribution in [0.15, 0.2) is 42.7 Å². The SMILES string of the molecule is CCNC(CCc1ccncc1)c1cc(C)ccc1OC. The molecule has 1 atom stereocenters. The molecule has 1 N–H and O–H groups in total. The molecule has 0 spiro atoms. The third-order valence-corrected chi connectivity index (χ3v) is 3.68. The summed E-state index contributed by atoms with van der Waals surface area (Å²) in [5, 5.41) is 3.58. The fraction of sp³-hybridized carbons (Fsp3) is 0.389. The number of methoxy groups -OCH3 is 1. The van der Waals surface area contributed by atoms with Gasteiger partial charge in [-0.2, -0.15) is 0 Å². The zero-order valence-corrected chi connectivity index (χ0v) is 13.1. The van der Waals surface area contributed by atoms with E-state index >= 15 is 0 Å². The molecule has 112 valence electrons. The Balaban J connectivity index is 2.16. The topological polar surface area (TPSA) is 34.2 Å². The summed E-state index contributed by atoms with van der Waals surface area (Å²) in [4.78, 5) is 4.07. The molecular formula is C18H24N2O. The molecule has 0 amide bonds. The summed E-state index contributed by atoms with van der Waals surface area (Å²) >= 11 is 0. The monoisotopic (exact) mass is 284 g/mol. The second-order valence-electron chi connectivity index (χ2n) is 5.25. The smallest absolute Gasteiger partial charge is 0.123 e. The lowest BCUT2D eigenvalue weighted by molar-refractivity contribution is 0.396. The minimum Gasteiger partial charge on any atom is -0.496 e. The van der Waals surface area contributed by atoms with Gasteiger partial charge in [-0.1, -0.05) is 24.6 Å². The maximum absolute atomic E-state index is 5.53. The van der Waals surface area contributed by atoms with Gasteiger partial charge in [-0.25, -0.2) is 0 Å². The first-order chi connectivity index (χ1) is 10.2. The van der Waals surface area contributed by atoms with Crippen LogP contribution in [0.1, 0.15) is 36.1 Å². The van der Waals surface area contributed by atoms with Crippen LogP contribution in [0.3, 0.4) is 0 Å². The van der Waals surface area contributed by atoms with Crippen LogP contribution >= 0.6 is 0 Å². The molecule has 1 aromatic heterocycles. The summed E-state index contributed by atoms with van der Waals surface area (Å²) < 4.78 is 5.53. The third-order valence-electron chi connectivity index (χ3n) is 3.68. The van der Waals surface area contributed by atoms with E-state index in [4.69, 9.17) is 4.74 Å². The molecule has 0 saturated carbocycles. The normalized spacial score (nSPS) is 12.1. The average molecular weight is 284 g/mol. The zero-order chi connectivity index (χ0) is 15.1. The number of pyridine rings is 1. The second kappa shape index (κ2) is 7.79. The van der Waals surface area contributed by atoms with Crippen molar-refractivity contribution < 1.29 is 4.74 Å². The largest absolute Gasteiger partial charge is 0.496 e. The number of aromatic nitrogens is 1. The first-order valence-corrected chi connectivity index (χ1v) is 7.51. The van der Waals surface area contributed by atoms with Gasteiger partial charge in [-0.3, -0.25) is 4.98 Å². The van der Waals surface area contributed by atoms with Crippen molar-refractivity contribution in [3.63, 3.8) is 0 Å². The zero-order valence-electron chi connectivity index (χ0n) is 13.1. The van der Waals surface area contributed by atoms with Gasteiger partial charge in [0.25, 0.3) is 0 Å². The maximum atomic E-state index is 5.53. The van der Waals surface area contributed by atoms with E-state index in [0.717, 1.165) is 25.1 Å². The molecule has 0 saturated heterocycles. The predicted octanol–water partition coefficient (Wildman–Crippen LogP) is 3.68. The molecule has 1 heterocycles. The Morgan fingerprint density at radius 3 is 2.62 bits per heavy atom. The Kier molecular flexibility index (Phi) is 5.76. The highest BCUT2D eigenvalue weighted by Gasteiger charge is 2.15. The third kappa shape index (κ3) is 4.30. The van der Waals surface area contributed by atoms with Gasteiger partial charge in [0.2, 0.25) is 0 Å². The highest BCUT2D eigenvalue weighted by molar-refractivity contribution is 5.39. The minimum atomic E-state index is 0.304. The molecule has 2 rings (SSSR count). The molecule has 0 aliphatic heterocycles. The van der Waals surface area contributed by atoms with Crippen LogP contribution in [0.25, 0.3) is 0 Å². The lowest BCUT2D eigenvalue weighted by atomic mass is 9.97. The van der Waals surface area contributed by atoms with Crippen molar-refractivity contribution >= 4 is 0 Å². The van der Waals surface area contributed by atoms with Gasteiger partial charge < -0.3 is 10.1 Å². The lowest BCUT2D eigenvalue weighted by Crippen LogP contribution is -2.22. The van der Waals surface area contributed by atoms with Gasteiger partial charge in [0.1, 0.15) is 5.75 Å². The molecule has 1 unspecified atom stereocenters. The second-order valence-corrected chi connectivity index (χ2v) is 5.25. The van der Waals surface area contributed by atoms with E-state index in [1.807, 2.05) is 12.4 Å². The highest BCUT2D eigenvalue weighted by atomic mass is 16.5. The molecule has 3 nitrogen and oxygen atoms in total. The van der Waals surface area contributed by atoms with Gasteiger partial charge in [0.05, 0.1) is 7.11 Å². The fourth-order valence-corrected chi connectivity index (χ4v) is 2.60. The van der Waals surface area contributed by atoms with Gasteiger partial charge in [0.15, 0.2) is 0 Å². The first-order valence-electron chi connectivity index (χ1n) is 7.51. The first kappa shape index (κ1) is 15.5. The Morgan fingerprint density at radius 1 is 1.19 bits per heavy atom. The maximum Gasteiger partial charge on any atom is 0.123 e. The molecule has 0 aliphatic carbocycles. The van der Waals surface area contributed by atoms with Crippen molar-refractivity contribution in [3.8, 4) is 5.75 Å². The summed E-state index contributed by atoms with van der Waals surface area (Å²) in [6, 6.07) is 10.8. The molecule has 3 heteroatoms. The lowest BCUT2D eigenvalue weighted by Gasteiger charge is -2.21. The number of nitrogens with one attached hydrogen (secondary N) is 1. The van der Waals surface area contributed by atoms with Crippen molar-refractivity contribution in [3.05, 3.63) is 59.4 Å². The molecule has 0 bridgehead atoms. The van der Waals surface area contributed by atoms with Crippen LogP contribution in [0.2, 0.25) is 0 Å². The average Bonchev–Trinajstić information content (AvgIpc) is 2.52. The van der Waals surface area contributed by atoms with Gasteiger partial charge >= 0.3 is 0 Å². The van der Waals surface area contributed by atoms with Crippen LogP contribution < -0.4 is 10.1 Å². The van der Waals surface area contributed by atoms with E-state index in [2.05, 4.69) is 54.5 Å². The number of nitrogens with zero attached hydrogens (tertiary/aromatic N) is 1. The van der Waals surface area contributed by atoms with E-state index in [-0.39, 0.29) is 0 Å². The van der Waals surface area contributed by atoms with E-state index < -0.39 is 0 Å². The quantitative estimate of drug-likeness (QED) is 0.842. The molecule has 21 heavy (non-hydrogen) atoms. The number of benzene rings is 1. The van der Waals surface area contributed by atoms with E-state index in [1.165, 1.54) is 16.7 Å². The number of ether oxygens (including phenoxy) is 1. The number of aryl methyl sites for hydroxylation is 2. The molecule has 2 aromatic rings. The summed E-state index contributed by atoms with van der Waals surface area (Å²) in [6.45, 7) is 5.20. The van der Waals surface area contributed by atoms with Crippen LogP contribution in [0.4, 0.5) is 0 Å². The number of rotatable bonds is 7. The van der Waals surface area contributed by atoms with E-state index in [1.54, 1.807) is 7.11 Å². The number of hydrogen-bond donors (Lipinski definition) is 1. The van der Waals surface area contributed by atoms with Gasteiger partial charge in [-0.05, 0) is 50.1 Å². The summed E-state index contributed by atoms with van der Waals surface area (Å²) in [6.07, 6.45) is 5.77. The van der Waals surface area contributed by atoms with Crippen molar-refractivity contribution in [1.82, 2.24) is 10.3 Å². The Hall–Kier alpha value is -1.87. The minimum absolute atomic E-state index is 0.304. The van der Waals surface area contributed by atoms with E-state index in [0.29, 0.717) is 6.04 Å². The summed E-state index contributed by atoms with van der Waals surface area (Å²) in [5.74, 6) is 0.960. The van der Waals surface area contributed by atoms with Crippen LogP contribution in [0.5, 0.6) is 5.75 Å². The molecule has 0 fully saturated rings. The van der Waals surface area contributed by atoms with Crippen LogP contribution in [-0.4, -0.2) is 18.6 Å². The molecular weight excluding hydrogens is 260 g/mol. The molecule has 0 aliphatic rings. The Labute approximate surface area is 127 Å². The highest BCUT2D eigenvalue weighted by Crippen LogP contribution is 2.29. The van der Waals surface area contributed by atoms with Crippen LogP contribution in [-0.2, 0) is 6.42 Å². The standard InChI is InChI=1S/C18H24N2O/c1-4-20-17(7-6-15-9-11-19-12-10-15)16-13-14(2)5-8-18(16)21-3/h5,8-13,17,20H,4,6-7H2,1-3H3. The Bertz CT molecular complexity index is 554. The summed E-state index contributed by atoms with van der Waals surface area (Å²) in [5.41, 5.74) is 3.82. The van der Waals surface area contributed by atoms with Crippen molar-refractivity contribution in [2.24, 2.45) is 0 Å². The van der Waals surface area contributed by atoms with Crippen LogP contribution in [0, 0.1) is 6.92 Å². The van der Waals surface area contributed by atoms with Crippen molar-refractivity contribution in [1.29, 1.82) is 0 Å². The van der Waals surface area contributed by atoms with Crippen molar-refractivity contribution in [2.45, 2.75) is 32.7 Å². The van der Waals surface area contributed by atoms with Gasteiger partial charge in [-0.15, -0.1) is 0 Å². The van der Waals surface area contributed by atoms with Gasteiger partial charge in [0, 0.05) is 24.0 Å². The predicted molar refractivity (Wildman–Crippen MR) is 86.7 cm³/mol. The molecule has 1 aromatic carbocycles. The molecule has 0 radical (unpaired) electrons. The summed E-state index contributed by atoms with van der Waals surface area (Å²) in [7, 11) is 1.74. The Morgan fingerprint density at radius 2 is 1.95 bits per heavy atom. The number of hydrogen-bond acceptors (Lipinski definition) is 3.